The fraction of sp³-hybridized carbons (Fsp3) is 0.455. The van der Waals surface area contributed by atoms with Crippen molar-refractivity contribution in [1.82, 2.24) is 14.5 Å². The van der Waals surface area contributed by atoms with E-state index >= 15 is 0 Å². The molecule has 2 heterocycles. The normalized spacial score (nSPS) is 14.1. The number of hydrogen-bond donors (Lipinski definition) is 1. The summed E-state index contributed by atoms with van der Waals surface area (Å²) < 4.78 is 39.0. The van der Waals surface area contributed by atoms with Gasteiger partial charge in [-0.1, -0.05) is 0 Å². The molecule has 98 valence electrons. The highest BCUT2D eigenvalue weighted by Crippen LogP contribution is 2.29. The van der Waals surface area contributed by atoms with Gasteiger partial charge < -0.3 is 4.98 Å². The first-order chi connectivity index (χ1) is 8.29. The van der Waals surface area contributed by atoms with Crippen molar-refractivity contribution < 1.29 is 13.2 Å². The van der Waals surface area contributed by atoms with E-state index in [9.17, 15) is 13.2 Å². The average Bonchev–Trinajstić information content (AvgIpc) is 2.53. The van der Waals surface area contributed by atoms with Crippen molar-refractivity contribution >= 4 is 23.4 Å². The minimum absolute atomic E-state index is 0.267. The van der Waals surface area contributed by atoms with E-state index in [0.717, 1.165) is 5.56 Å². The Morgan fingerprint density at radius 3 is 2.78 bits per heavy atom. The van der Waals surface area contributed by atoms with Gasteiger partial charge in [0.2, 0.25) is 0 Å². The maximum absolute atomic E-state index is 12.4. The third-order valence-corrected chi connectivity index (χ3v) is 3.08. The molecule has 0 amide bonds. The number of aromatic nitrogens is 3. The van der Waals surface area contributed by atoms with Crippen LogP contribution >= 0.6 is 12.2 Å². The number of aromatic amines is 1. The van der Waals surface area contributed by atoms with Crippen LogP contribution in [0.1, 0.15) is 24.9 Å². The molecule has 2 rings (SSSR count). The van der Waals surface area contributed by atoms with E-state index in [0.29, 0.717) is 11.2 Å². The van der Waals surface area contributed by atoms with E-state index < -0.39 is 18.6 Å². The summed E-state index contributed by atoms with van der Waals surface area (Å²) in [6.45, 7) is 3.34. The minimum Gasteiger partial charge on any atom is -0.329 e. The molecule has 0 saturated heterocycles. The van der Waals surface area contributed by atoms with Gasteiger partial charge in [0.1, 0.15) is 0 Å². The van der Waals surface area contributed by atoms with Gasteiger partial charge in [0, 0.05) is 12.2 Å². The van der Waals surface area contributed by atoms with Crippen molar-refractivity contribution in [3.05, 3.63) is 22.6 Å². The molecule has 0 aliphatic rings. The molecule has 18 heavy (non-hydrogen) atoms. The Bertz CT molecular complexity index is 626. The highest BCUT2D eigenvalue weighted by molar-refractivity contribution is 7.71. The average molecular weight is 275 g/mol. The van der Waals surface area contributed by atoms with E-state index in [1.54, 1.807) is 12.3 Å². The maximum atomic E-state index is 12.4. The Balaban J connectivity index is 2.54. The summed E-state index contributed by atoms with van der Waals surface area (Å²) in [5, 5.41) is 0. The number of imidazole rings is 1. The Kier molecular flexibility index (Phi) is 3.18. The summed E-state index contributed by atoms with van der Waals surface area (Å²) in [4.78, 5) is 7.02. The van der Waals surface area contributed by atoms with Crippen molar-refractivity contribution in [1.29, 1.82) is 0 Å². The number of hydrogen-bond acceptors (Lipinski definition) is 2. The maximum Gasteiger partial charge on any atom is 0.391 e. The third-order valence-electron chi connectivity index (χ3n) is 2.79. The second-order valence-electron chi connectivity index (χ2n) is 4.29. The molecule has 3 nitrogen and oxygen atoms in total. The molecule has 0 spiro atoms. The SMILES string of the molecule is Cc1ccnc2c1[nH]c(=S)n2C(C)CC(F)(F)F. The lowest BCUT2D eigenvalue weighted by atomic mass is 10.2. The Morgan fingerprint density at radius 1 is 1.50 bits per heavy atom. The molecule has 0 fully saturated rings. The lowest BCUT2D eigenvalue weighted by molar-refractivity contribution is -0.141. The van der Waals surface area contributed by atoms with Crippen LogP contribution in [0, 0.1) is 11.7 Å². The number of alkyl halides is 3. The van der Waals surface area contributed by atoms with E-state index in [2.05, 4.69) is 9.97 Å². The lowest BCUT2D eigenvalue weighted by Crippen LogP contribution is -2.16. The van der Waals surface area contributed by atoms with Gasteiger partial charge in [-0.25, -0.2) is 4.98 Å². The summed E-state index contributed by atoms with van der Waals surface area (Å²) in [6, 6.07) is 1.01. The molecule has 7 heteroatoms. The minimum atomic E-state index is -4.22. The van der Waals surface area contributed by atoms with Crippen LogP contribution in [0.4, 0.5) is 13.2 Å². The second kappa shape index (κ2) is 4.38. The molecule has 0 aliphatic heterocycles. The number of rotatable bonds is 2. The van der Waals surface area contributed by atoms with Crippen molar-refractivity contribution in [2.45, 2.75) is 32.5 Å². The van der Waals surface area contributed by atoms with Crippen LogP contribution in [-0.4, -0.2) is 20.7 Å². The van der Waals surface area contributed by atoms with Crippen molar-refractivity contribution in [3.63, 3.8) is 0 Å². The number of H-pyrrole nitrogens is 1. The number of halogens is 3. The predicted molar refractivity (Wildman–Crippen MR) is 65.0 cm³/mol. The molecule has 0 saturated carbocycles. The van der Waals surface area contributed by atoms with E-state index in [4.69, 9.17) is 12.2 Å². The summed E-state index contributed by atoms with van der Waals surface area (Å²) >= 11 is 5.08. The summed E-state index contributed by atoms with van der Waals surface area (Å²) in [7, 11) is 0. The van der Waals surface area contributed by atoms with Gasteiger partial charge in [-0.3, -0.25) is 4.57 Å². The summed E-state index contributed by atoms with van der Waals surface area (Å²) in [6.07, 6.45) is -3.58. The van der Waals surface area contributed by atoms with Gasteiger partial charge in [0.25, 0.3) is 0 Å². The van der Waals surface area contributed by atoms with Gasteiger partial charge >= 0.3 is 6.18 Å². The quantitative estimate of drug-likeness (QED) is 0.843. The second-order valence-corrected chi connectivity index (χ2v) is 4.68. The van der Waals surface area contributed by atoms with Crippen LogP contribution in [0.5, 0.6) is 0 Å². The summed E-state index contributed by atoms with van der Waals surface area (Å²) in [5.41, 5.74) is 2.07. The van der Waals surface area contributed by atoms with Gasteiger partial charge in [-0.2, -0.15) is 13.2 Å². The van der Waals surface area contributed by atoms with Gasteiger partial charge in [-0.15, -0.1) is 0 Å². The number of nitrogens with one attached hydrogen (secondary N) is 1. The van der Waals surface area contributed by atoms with Gasteiger partial charge in [-0.05, 0) is 37.7 Å². The van der Waals surface area contributed by atoms with Gasteiger partial charge in [0.15, 0.2) is 10.4 Å². The Hall–Kier alpha value is -1.37. The molecule has 0 aromatic carbocycles. The first-order valence-electron chi connectivity index (χ1n) is 5.42. The fourth-order valence-electron chi connectivity index (χ4n) is 1.98. The summed E-state index contributed by atoms with van der Waals surface area (Å²) in [5.74, 6) is 0. The Morgan fingerprint density at radius 2 is 2.17 bits per heavy atom. The lowest BCUT2D eigenvalue weighted by Gasteiger charge is -2.15. The molecule has 0 bridgehead atoms. The molecular weight excluding hydrogens is 263 g/mol. The first-order valence-corrected chi connectivity index (χ1v) is 5.83. The number of pyridine rings is 1. The highest BCUT2D eigenvalue weighted by Gasteiger charge is 2.31. The van der Waals surface area contributed by atoms with Crippen LogP contribution in [0.15, 0.2) is 12.3 Å². The third kappa shape index (κ3) is 2.40. The van der Waals surface area contributed by atoms with E-state index in [1.807, 2.05) is 6.92 Å². The predicted octanol–water partition coefficient (Wildman–Crippen LogP) is 3.92. The zero-order valence-electron chi connectivity index (χ0n) is 9.88. The zero-order chi connectivity index (χ0) is 13.5. The van der Waals surface area contributed by atoms with Crippen LogP contribution < -0.4 is 0 Å². The molecular formula is C11H12F3N3S. The van der Waals surface area contributed by atoms with Gasteiger partial charge in [0.05, 0.1) is 11.9 Å². The molecule has 1 N–H and O–H groups in total. The number of fused-ring (bicyclic) bond motifs is 1. The van der Waals surface area contributed by atoms with Crippen LogP contribution in [0.25, 0.3) is 11.2 Å². The largest absolute Gasteiger partial charge is 0.391 e. The molecule has 0 radical (unpaired) electrons. The fourth-order valence-corrected chi connectivity index (χ4v) is 2.35. The zero-order valence-corrected chi connectivity index (χ0v) is 10.7. The highest BCUT2D eigenvalue weighted by atomic mass is 32.1. The van der Waals surface area contributed by atoms with E-state index in [-0.39, 0.29) is 4.77 Å². The molecule has 1 unspecified atom stereocenters. The monoisotopic (exact) mass is 275 g/mol. The number of aryl methyl sites for hydroxylation is 1. The Labute approximate surface area is 107 Å². The molecule has 2 aromatic heterocycles. The topological polar surface area (TPSA) is 33.6 Å². The number of nitrogens with zero attached hydrogens (tertiary/aromatic N) is 2. The van der Waals surface area contributed by atoms with E-state index in [1.165, 1.54) is 11.5 Å². The first kappa shape index (κ1) is 13.1. The molecule has 2 aromatic rings. The van der Waals surface area contributed by atoms with Crippen molar-refractivity contribution in [2.24, 2.45) is 0 Å². The van der Waals surface area contributed by atoms with Crippen LogP contribution in [-0.2, 0) is 0 Å². The smallest absolute Gasteiger partial charge is 0.329 e. The van der Waals surface area contributed by atoms with Crippen LogP contribution in [0.2, 0.25) is 0 Å². The molecule has 1 atom stereocenters. The van der Waals surface area contributed by atoms with Crippen LogP contribution in [0.3, 0.4) is 0 Å². The van der Waals surface area contributed by atoms with Crippen molar-refractivity contribution in [2.75, 3.05) is 0 Å². The standard InChI is InChI=1S/C11H12F3N3S/c1-6-3-4-15-9-8(6)16-10(18)17(9)7(2)5-11(12,13)14/h3-4,7H,5H2,1-2H3,(H,16,18). The molecule has 0 aliphatic carbocycles. The van der Waals surface area contributed by atoms with Crippen molar-refractivity contribution in [3.8, 4) is 0 Å².